The van der Waals surface area contributed by atoms with E-state index >= 15 is 0 Å². The van der Waals surface area contributed by atoms with Gasteiger partial charge in [0.15, 0.2) is 5.16 Å². The van der Waals surface area contributed by atoms with E-state index in [4.69, 9.17) is 9.72 Å². The van der Waals surface area contributed by atoms with Gasteiger partial charge in [-0.05, 0) is 49.1 Å². The summed E-state index contributed by atoms with van der Waals surface area (Å²) in [5.41, 5.74) is 2.94. The molecule has 1 unspecified atom stereocenters. The lowest BCUT2D eigenvalue weighted by molar-refractivity contribution is -0.127. The van der Waals surface area contributed by atoms with Crippen LogP contribution in [0.5, 0.6) is 0 Å². The summed E-state index contributed by atoms with van der Waals surface area (Å²) in [6.45, 7) is 8.05. The minimum atomic E-state index is -0.281. The van der Waals surface area contributed by atoms with Gasteiger partial charge in [0.05, 0.1) is 18.9 Å². The van der Waals surface area contributed by atoms with E-state index in [0.29, 0.717) is 6.54 Å². The zero-order valence-electron chi connectivity index (χ0n) is 19.1. The molecule has 0 spiro atoms. The van der Waals surface area contributed by atoms with Crippen molar-refractivity contribution in [1.29, 1.82) is 0 Å². The Morgan fingerprint density at radius 1 is 1.24 bits per heavy atom. The maximum absolute atomic E-state index is 13.1. The highest BCUT2D eigenvalue weighted by atomic mass is 32.2. The number of piperidine rings is 1. The maximum Gasteiger partial charge on any atom is 0.246 e. The summed E-state index contributed by atoms with van der Waals surface area (Å²) in [6, 6.07) is 6.13. The lowest BCUT2D eigenvalue weighted by Gasteiger charge is -2.32. The van der Waals surface area contributed by atoms with Crippen LogP contribution in [0.1, 0.15) is 35.6 Å². The number of benzene rings is 1. The molecule has 0 bridgehead atoms. The molecule has 176 valence electrons. The highest BCUT2D eigenvalue weighted by Gasteiger charge is 2.26. The Labute approximate surface area is 199 Å². The third-order valence-corrected chi connectivity index (χ3v) is 6.98. The Bertz CT molecular complexity index is 963. The Balaban J connectivity index is 1.35. The molecular weight excluding hydrogens is 439 g/mol. The van der Waals surface area contributed by atoms with Crippen molar-refractivity contribution in [2.75, 3.05) is 51.7 Å². The summed E-state index contributed by atoms with van der Waals surface area (Å²) in [5, 5.41) is 0.809. The van der Waals surface area contributed by atoms with Crippen LogP contribution in [0.3, 0.4) is 0 Å². The Hall–Kier alpha value is -2.29. The monoisotopic (exact) mass is 470 g/mol. The second-order valence-corrected chi connectivity index (χ2v) is 9.59. The maximum atomic E-state index is 13.1. The van der Waals surface area contributed by atoms with Crippen LogP contribution < -0.4 is 0 Å². The highest BCUT2D eigenvalue weighted by molar-refractivity contribution is 7.99. The third kappa shape index (κ3) is 6.85. The number of hydrogen-bond donors (Lipinski definition) is 0. The first-order valence-corrected chi connectivity index (χ1v) is 12.6. The van der Waals surface area contributed by atoms with Crippen LogP contribution in [0.25, 0.3) is 6.08 Å². The van der Waals surface area contributed by atoms with Gasteiger partial charge in [0.25, 0.3) is 0 Å². The zero-order valence-corrected chi connectivity index (χ0v) is 19.9. The molecule has 1 amide bonds. The van der Waals surface area contributed by atoms with E-state index in [0.717, 1.165) is 80.0 Å². The zero-order chi connectivity index (χ0) is 23.0. The number of halogens is 1. The normalized spacial score (nSPS) is 19.8. The average Bonchev–Trinajstić information content (AvgIpc) is 2.85. The van der Waals surface area contributed by atoms with Gasteiger partial charge in [0.2, 0.25) is 5.91 Å². The van der Waals surface area contributed by atoms with Crippen LogP contribution in [0, 0.1) is 12.7 Å². The average molecular weight is 471 g/mol. The number of aromatic nitrogens is 2. The number of hydrogen-bond acceptors (Lipinski definition) is 6. The van der Waals surface area contributed by atoms with E-state index < -0.39 is 0 Å². The van der Waals surface area contributed by atoms with Gasteiger partial charge in [0.1, 0.15) is 5.82 Å². The molecule has 0 N–H and O–H groups in total. The molecule has 2 aliphatic rings. The molecule has 2 saturated heterocycles. The molecule has 1 aromatic carbocycles. The summed E-state index contributed by atoms with van der Waals surface area (Å²) in [5.74, 6) is 0.863. The van der Waals surface area contributed by atoms with Gasteiger partial charge in [-0.1, -0.05) is 23.9 Å². The number of aryl methyl sites for hydroxylation is 1. The quantitative estimate of drug-likeness (QED) is 0.349. The molecular formula is C25H31FN4O2S. The summed E-state index contributed by atoms with van der Waals surface area (Å²) < 4.78 is 18.5. The highest BCUT2D eigenvalue weighted by Crippen LogP contribution is 2.29. The molecule has 4 rings (SSSR count). The summed E-state index contributed by atoms with van der Waals surface area (Å²) in [6.07, 6.45) is 7.19. The number of rotatable bonds is 7. The number of morpholine rings is 1. The number of thioether (sulfide) groups is 1. The molecule has 2 aliphatic heterocycles. The van der Waals surface area contributed by atoms with Crippen LogP contribution in [-0.2, 0) is 9.53 Å². The smallest absolute Gasteiger partial charge is 0.246 e. The molecule has 33 heavy (non-hydrogen) atoms. The van der Waals surface area contributed by atoms with Crippen molar-refractivity contribution in [3.05, 3.63) is 59.2 Å². The third-order valence-electron chi connectivity index (χ3n) is 6.14. The molecule has 3 heterocycles. The number of likely N-dealkylation sites (tertiary alicyclic amines) is 1. The van der Waals surface area contributed by atoms with Gasteiger partial charge in [0, 0.05) is 56.7 Å². The van der Waals surface area contributed by atoms with Gasteiger partial charge < -0.3 is 9.64 Å². The van der Waals surface area contributed by atoms with E-state index in [1.807, 2.05) is 18.0 Å². The van der Waals surface area contributed by atoms with E-state index in [1.165, 1.54) is 12.1 Å². The van der Waals surface area contributed by atoms with Gasteiger partial charge >= 0.3 is 0 Å². The fourth-order valence-corrected chi connectivity index (χ4v) is 5.08. The van der Waals surface area contributed by atoms with Crippen molar-refractivity contribution < 1.29 is 13.9 Å². The van der Waals surface area contributed by atoms with Crippen molar-refractivity contribution in [3.63, 3.8) is 0 Å². The van der Waals surface area contributed by atoms with Crippen molar-refractivity contribution in [2.45, 2.75) is 30.8 Å². The predicted molar refractivity (Wildman–Crippen MR) is 129 cm³/mol. The number of ether oxygens (including phenoxy) is 1. The fraction of sp³-hybridized carbons (Fsp3) is 0.480. The molecule has 0 aliphatic carbocycles. The van der Waals surface area contributed by atoms with Gasteiger partial charge in [-0.3, -0.25) is 9.69 Å². The molecule has 2 aromatic rings. The van der Waals surface area contributed by atoms with Gasteiger partial charge in [-0.15, -0.1) is 0 Å². The minimum absolute atomic E-state index is 0.0177. The van der Waals surface area contributed by atoms with E-state index in [1.54, 1.807) is 36.0 Å². The van der Waals surface area contributed by atoms with Crippen molar-refractivity contribution >= 4 is 23.7 Å². The molecule has 1 atom stereocenters. The summed E-state index contributed by atoms with van der Waals surface area (Å²) in [4.78, 5) is 26.5. The molecule has 1 aromatic heterocycles. The molecule has 8 heteroatoms. The van der Waals surface area contributed by atoms with Gasteiger partial charge in [-0.25, -0.2) is 14.4 Å². The predicted octanol–water partition coefficient (Wildman–Crippen LogP) is 3.77. The second kappa shape index (κ2) is 11.7. The van der Waals surface area contributed by atoms with E-state index in [2.05, 4.69) is 9.88 Å². The summed E-state index contributed by atoms with van der Waals surface area (Å²) >= 11 is 1.69. The molecule has 0 saturated carbocycles. The van der Waals surface area contributed by atoms with Crippen molar-refractivity contribution in [2.24, 2.45) is 0 Å². The first-order chi connectivity index (χ1) is 16.1. The lowest BCUT2D eigenvalue weighted by Crippen LogP contribution is -2.38. The van der Waals surface area contributed by atoms with Crippen LogP contribution in [0.15, 0.2) is 41.7 Å². The number of amides is 1. The second-order valence-electron chi connectivity index (χ2n) is 8.53. The van der Waals surface area contributed by atoms with Crippen LogP contribution >= 0.6 is 11.8 Å². The first kappa shape index (κ1) is 23.9. The first-order valence-electron chi connectivity index (χ1n) is 11.6. The Morgan fingerprint density at radius 3 is 2.82 bits per heavy atom. The number of carbonyl (C=O) groups excluding carboxylic acids is 1. The van der Waals surface area contributed by atoms with Crippen LogP contribution in [0.2, 0.25) is 0 Å². The van der Waals surface area contributed by atoms with Crippen LogP contribution in [-0.4, -0.2) is 77.4 Å². The fourth-order valence-electron chi connectivity index (χ4n) is 4.26. The van der Waals surface area contributed by atoms with Crippen LogP contribution in [0.4, 0.5) is 4.39 Å². The Kier molecular flexibility index (Phi) is 8.47. The van der Waals surface area contributed by atoms with E-state index in [9.17, 15) is 9.18 Å². The van der Waals surface area contributed by atoms with Gasteiger partial charge in [-0.2, -0.15) is 0 Å². The largest absolute Gasteiger partial charge is 0.379 e. The minimum Gasteiger partial charge on any atom is -0.379 e. The SMILES string of the molecule is Cc1cnc(SCCN2CCOCC2)nc1C1CCCN(C(=O)C=Cc2ccc(F)cc2)C1. The molecule has 0 radical (unpaired) electrons. The number of carbonyl (C=O) groups is 1. The number of nitrogens with zero attached hydrogens (tertiary/aromatic N) is 4. The summed E-state index contributed by atoms with van der Waals surface area (Å²) in [7, 11) is 0. The van der Waals surface area contributed by atoms with Crippen molar-refractivity contribution in [3.8, 4) is 0 Å². The lowest BCUT2D eigenvalue weighted by atomic mass is 9.92. The van der Waals surface area contributed by atoms with Crippen molar-refractivity contribution in [1.82, 2.24) is 19.8 Å². The topological polar surface area (TPSA) is 58.6 Å². The molecule has 2 fully saturated rings. The van der Waals surface area contributed by atoms with E-state index in [-0.39, 0.29) is 17.6 Å². The molecule has 6 nitrogen and oxygen atoms in total. The Morgan fingerprint density at radius 2 is 2.03 bits per heavy atom. The standard InChI is InChI=1S/C25H31FN4O2S/c1-19-17-27-25(33-16-13-29-11-14-32-15-12-29)28-24(19)21-3-2-10-30(18-21)23(31)9-6-20-4-7-22(26)8-5-20/h4-9,17,21H,2-3,10-16,18H2,1H3.